The molecule has 0 radical (unpaired) electrons. The average Bonchev–Trinajstić information content (AvgIpc) is 3.15. The van der Waals surface area contributed by atoms with Gasteiger partial charge in [0.25, 0.3) is 5.91 Å². The van der Waals surface area contributed by atoms with Crippen LogP contribution in [-0.2, 0) is 5.75 Å². The number of anilines is 1. The number of thioether (sulfide) groups is 1. The number of nitrogens with one attached hydrogen (secondary N) is 1. The summed E-state index contributed by atoms with van der Waals surface area (Å²) in [5, 5.41) is 4.73. The standard InChI is InChI=1S/C18H14F2N2O2S2/c19-18(20)24-14-7-5-12(6-8-14)22-17(23)15-3-1-2-4-16(15)26-10-13-9-25-11-21-13/h1-9,11,18H,10H2,(H,22,23). The summed E-state index contributed by atoms with van der Waals surface area (Å²) in [6.07, 6.45) is 0. The zero-order valence-electron chi connectivity index (χ0n) is 13.4. The number of aromatic nitrogens is 1. The number of thiazole rings is 1. The number of rotatable bonds is 7. The SMILES string of the molecule is O=C(Nc1ccc(OC(F)F)cc1)c1ccccc1SCc1cscn1. The molecule has 0 atom stereocenters. The van der Waals surface area contributed by atoms with Crippen LogP contribution in [0.2, 0.25) is 0 Å². The second-order valence-corrected chi connectivity index (χ2v) is 6.86. The van der Waals surface area contributed by atoms with Gasteiger partial charge in [-0.3, -0.25) is 4.79 Å². The van der Waals surface area contributed by atoms with Crippen molar-refractivity contribution in [1.29, 1.82) is 0 Å². The molecule has 0 fully saturated rings. The Hall–Kier alpha value is -2.45. The third-order valence-electron chi connectivity index (χ3n) is 3.33. The van der Waals surface area contributed by atoms with E-state index in [0.717, 1.165) is 10.6 Å². The summed E-state index contributed by atoms with van der Waals surface area (Å²) >= 11 is 3.06. The number of ether oxygens (including phenoxy) is 1. The van der Waals surface area contributed by atoms with E-state index < -0.39 is 6.61 Å². The first kappa shape index (κ1) is 18.3. The maximum atomic E-state index is 12.6. The molecule has 2 aromatic carbocycles. The van der Waals surface area contributed by atoms with Gasteiger partial charge in [-0.05, 0) is 36.4 Å². The van der Waals surface area contributed by atoms with Crippen molar-refractivity contribution in [2.45, 2.75) is 17.3 Å². The van der Waals surface area contributed by atoms with Crippen molar-refractivity contribution < 1.29 is 18.3 Å². The minimum atomic E-state index is -2.88. The van der Waals surface area contributed by atoms with E-state index in [1.807, 2.05) is 17.5 Å². The van der Waals surface area contributed by atoms with Gasteiger partial charge in [0.1, 0.15) is 5.75 Å². The van der Waals surface area contributed by atoms with E-state index >= 15 is 0 Å². The molecule has 0 aliphatic heterocycles. The monoisotopic (exact) mass is 392 g/mol. The second-order valence-electron chi connectivity index (χ2n) is 5.12. The summed E-state index contributed by atoms with van der Waals surface area (Å²) in [7, 11) is 0. The van der Waals surface area contributed by atoms with Gasteiger partial charge in [-0.25, -0.2) is 4.98 Å². The summed E-state index contributed by atoms with van der Waals surface area (Å²) in [6.45, 7) is -2.88. The van der Waals surface area contributed by atoms with Crippen molar-refractivity contribution in [2.24, 2.45) is 0 Å². The van der Waals surface area contributed by atoms with Gasteiger partial charge in [0, 0.05) is 21.7 Å². The van der Waals surface area contributed by atoms with Crippen LogP contribution in [0, 0.1) is 0 Å². The molecule has 0 unspecified atom stereocenters. The third-order valence-corrected chi connectivity index (χ3v) is 5.07. The minimum Gasteiger partial charge on any atom is -0.435 e. The normalized spacial score (nSPS) is 10.7. The Morgan fingerprint density at radius 3 is 2.65 bits per heavy atom. The van der Waals surface area contributed by atoms with Gasteiger partial charge in [0.05, 0.1) is 16.8 Å². The van der Waals surface area contributed by atoms with Gasteiger partial charge >= 0.3 is 6.61 Å². The number of benzene rings is 2. The van der Waals surface area contributed by atoms with E-state index in [9.17, 15) is 13.6 Å². The fourth-order valence-corrected chi connectivity index (χ4v) is 3.77. The van der Waals surface area contributed by atoms with Gasteiger partial charge < -0.3 is 10.1 Å². The van der Waals surface area contributed by atoms with Gasteiger partial charge in [-0.1, -0.05) is 12.1 Å². The lowest BCUT2D eigenvalue weighted by atomic mass is 10.2. The zero-order valence-corrected chi connectivity index (χ0v) is 15.0. The molecule has 0 aliphatic rings. The molecule has 3 aromatic rings. The highest BCUT2D eigenvalue weighted by Gasteiger charge is 2.12. The molecule has 0 aliphatic carbocycles. The highest BCUT2D eigenvalue weighted by atomic mass is 32.2. The number of amides is 1. The predicted octanol–water partition coefficient (Wildman–Crippen LogP) is 5.29. The van der Waals surface area contributed by atoms with Crippen LogP contribution in [0.1, 0.15) is 16.1 Å². The first-order valence-electron chi connectivity index (χ1n) is 7.57. The van der Waals surface area contributed by atoms with E-state index in [0.29, 0.717) is 17.0 Å². The van der Waals surface area contributed by atoms with Gasteiger partial charge in [-0.2, -0.15) is 8.78 Å². The van der Waals surface area contributed by atoms with E-state index in [1.165, 1.54) is 47.4 Å². The van der Waals surface area contributed by atoms with E-state index in [2.05, 4.69) is 15.0 Å². The van der Waals surface area contributed by atoms with Crippen molar-refractivity contribution >= 4 is 34.7 Å². The quantitative estimate of drug-likeness (QED) is 0.555. The molecule has 3 rings (SSSR count). The van der Waals surface area contributed by atoms with Crippen LogP contribution in [0.4, 0.5) is 14.5 Å². The van der Waals surface area contributed by atoms with Gasteiger partial charge in [0.2, 0.25) is 0 Å². The van der Waals surface area contributed by atoms with Gasteiger partial charge in [-0.15, -0.1) is 23.1 Å². The zero-order chi connectivity index (χ0) is 18.4. The maximum absolute atomic E-state index is 12.6. The topological polar surface area (TPSA) is 51.2 Å². The average molecular weight is 392 g/mol. The number of alkyl halides is 2. The summed E-state index contributed by atoms with van der Waals surface area (Å²) in [5.41, 5.74) is 3.78. The number of carbonyl (C=O) groups is 1. The predicted molar refractivity (Wildman–Crippen MR) is 99.1 cm³/mol. The molecule has 1 aromatic heterocycles. The third kappa shape index (κ3) is 5.03. The Morgan fingerprint density at radius 1 is 1.19 bits per heavy atom. The highest BCUT2D eigenvalue weighted by molar-refractivity contribution is 7.98. The smallest absolute Gasteiger partial charge is 0.387 e. The van der Waals surface area contributed by atoms with E-state index in [-0.39, 0.29) is 11.7 Å². The lowest BCUT2D eigenvalue weighted by Gasteiger charge is -2.10. The number of hydrogen-bond acceptors (Lipinski definition) is 5. The Labute approximate surface area is 157 Å². The summed E-state index contributed by atoms with van der Waals surface area (Å²) < 4.78 is 28.6. The molecule has 0 saturated heterocycles. The molecular weight excluding hydrogens is 378 g/mol. The highest BCUT2D eigenvalue weighted by Crippen LogP contribution is 2.27. The number of halogens is 2. The number of nitrogens with zero attached hydrogens (tertiary/aromatic N) is 1. The molecule has 8 heteroatoms. The van der Waals surface area contributed by atoms with Crippen molar-refractivity contribution in [1.82, 2.24) is 4.98 Å². The Balaban J connectivity index is 1.67. The maximum Gasteiger partial charge on any atom is 0.387 e. The molecule has 1 N–H and O–H groups in total. The molecule has 0 bridgehead atoms. The van der Waals surface area contributed by atoms with Crippen molar-refractivity contribution in [3.63, 3.8) is 0 Å². The van der Waals surface area contributed by atoms with Crippen molar-refractivity contribution in [2.75, 3.05) is 5.32 Å². The van der Waals surface area contributed by atoms with Crippen LogP contribution in [-0.4, -0.2) is 17.5 Å². The molecule has 0 spiro atoms. The van der Waals surface area contributed by atoms with Crippen molar-refractivity contribution in [3.05, 3.63) is 70.7 Å². The first-order chi connectivity index (χ1) is 12.6. The van der Waals surface area contributed by atoms with Crippen LogP contribution >= 0.6 is 23.1 Å². The largest absolute Gasteiger partial charge is 0.435 e. The summed E-state index contributed by atoms with van der Waals surface area (Å²) in [6, 6.07) is 13.1. The lowest BCUT2D eigenvalue weighted by molar-refractivity contribution is -0.0498. The summed E-state index contributed by atoms with van der Waals surface area (Å²) in [5.74, 6) is 0.444. The minimum absolute atomic E-state index is 0.0391. The molecule has 4 nitrogen and oxygen atoms in total. The summed E-state index contributed by atoms with van der Waals surface area (Å²) in [4.78, 5) is 17.6. The van der Waals surface area contributed by atoms with Crippen LogP contribution in [0.25, 0.3) is 0 Å². The fraction of sp³-hybridized carbons (Fsp3) is 0.111. The molecule has 26 heavy (non-hydrogen) atoms. The molecule has 1 amide bonds. The Bertz CT molecular complexity index is 856. The Morgan fingerprint density at radius 2 is 1.96 bits per heavy atom. The van der Waals surface area contributed by atoms with Gasteiger partial charge in [0.15, 0.2) is 0 Å². The van der Waals surface area contributed by atoms with Crippen LogP contribution < -0.4 is 10.1 Å². The molecule has 0 saturated carbocycles. The van der Waals surface area contributed by atoms with Crippen LogP contribution in [0.15, 0.2) is 64.3 Å². The fourth-order valence-electron chi connectivity index (χ4n) is 2.16. The first-order valence-corrected chi connectivity index (χ1v) is 9.50. The van der Waals surface area contributed by atoms with Crippen LogP contribution in [0.5, 0.6) is 5.75 Å². The molecule has 134 valence electrons. The molecule has 1 heterocycles. The Kier molecular flexibility index (Phi) is 6.19. The van der Waals surface area contributed by atoms with Crippen LogP contribution in [0.3, 0.4) is 0 Å². The molecular formula is C18H14F2N2O2S2. The van der Waals surface area contributed by atoms with E-state index in [1.54, 1.807) is 17.6 Å². The lowest BCUT2D eigenvalue weighted by Crippen LogP contribution is -2.13. The van der Waals surface area contributed by atoms with Crippen molar-refractivity contribution in [3.8, 4) is 5.75 Å². The van der Waals surface area contributed by atoms with E-state index in [4.69, 9.17) is 0 Å². The second kappa shape index (κ2) is 8.77. The number of hydrogen-bond donors (Lipinski definition) is 1. The number of carbonyl (C=O) groups excluding carboxylic acids is 1.